The largest absolute Gasteiger partial charge is 0.494 e. The summed E-state index contributed by atoms with van der Waals surface area (Å²) in [5, 5.41) is 2.82. The molecule has 0 radical (unpaired) electrons. The van der Waals surface area contributed by atoms with E-state index < -0.39 is 5.60 Å². The summed E-state index contributed by atoms with van der Waals surface area (Å²) in [6.07, 6.45) is 0.764. The second kappa shape index (κ2) is 7.01. The molecule has 18 heavy (non-hydrogen) atoms. The number of methoxy groups -OCH3 is 1. The zero-order chi connectivity index (χ0) is 13.4. The number of ether oxygens (including phenoxy) is 2. The minimum Gasteiger partial charge on any atom is -0.494 e. The Hall–Kier alpha value is -1.55. The average molecular weight is 251 g/mol. The van der Waals surface area contributed by atoms with Crippen LogP contribution in [0, 0.1) is 0 Å². The van der Waals surface area contributed by atoms with E-state index in [0.29, 0.717) is 13.2 Å². The number of hydrogen-bond donors (Lipinski definition) is 1. The van der Waals surface area contributed by atoms with E-state index in [4.69, 9.17) is 9.47 Å². The first-order valence-corrected chi connectivity index (χ1v) is 6.07. The zero-order valence-corrected chi connectivity index (χ0v) is 11.2. The number of carbonyl (C=O) groups excluding carboxylic acids is 1. The molecule has 1 aromatic rings. The van der Waals surface area contributed by atoms with Crippen molar-refractivity contribution in [2.24, 2.45) is 0 Å². The lowest BCUT2D eigenvalue weighted by atomic mass is 10.1. The highest BCUT2D eigenvalue weighted by atomic mass is 16.5. The number of para-hydroxylation sites is 1. The molecule has 1 amide bonds. The Morgan fingerprint density at radius 1 is 1.28 bits per heavy atom. The number of nitrogens with one attached hydrogen (secondary N) is 1. The molecule has 0 bridgehead atoms. The fourth-order valence-electron chi connectivity index (χ4n) is 1.29. The molecular formula is C14H21NO3. The average Bonchev–Trinajstić information content (AvgIpc) is 2.39. The maximum Gasteiger partial charge on any atom is 0.251 e. The van der Waals surface area contributed by atoms with Crippen LogP contribution < -0.4 is 10.1 Å². The number of benzene rings is 1. The van der Waals surface area contributed by atoms with Crippen molar-refractivity contribution in [2.45, 2.75) is 25.9 Å². The zero-order valence-electron chi connectivity index (χ0n) is 11.2. The Kier molecular flexibility index (Phi) is 5.65. The van der Waals surface area contributed by atoms with E-state index in [9.17, 15) is 4.79 Å². The number of carbonyl (C=O) groups is 1. The van der Waals surface area contributed by atoms with Gasteiger partial charge < -0.3 is 14.8 Å². The summed E-state index contributed by atoms with van der Waals surface area (Å²) in [6, 6.07) is 9.62. The molecule has 4 nitrogen and oxygen atoms in total. The third-order valence-electron chi connectivity index (χ3n) is 2.68. The van der Waals surface area contributed by atoms with E-state index in [2.05, 4.69) is 5.32 Å². The van der Waals surface area contributed by atoms with E-state index in [1.807, 2.05) is 30.3 Å². The van der Waals surface area contributed by atoms with Crippen LogP contribution in [0.3, 0.4) is 0 Å². The molecule has 0 unspecified atom stereocenters. The van der Waals surface area contributed by atoms with Crippen molar-refractivity contribution >= 4 is 5.91 Å². The van der Waals surface area contributed by atoms with Crippen LogP contribution in [-0.4, -0.2) is 31.8 Å². The number of rotatable bonds is 7. The van der Waals surface area contributed by atoms with E-state index in [1.54, 1.807) is 13.8 Å². The Morgan fingerprint density at radius 2 is 1.94 bits per heavy atom. The lowest BCUT2D eigenvalue weighted by Crippen LogP contribution is -2.44. The molecule has 0 atom stereocenters. The Balaban J connectivity index is 2.14. The second-order valence-electron chi connectivity index (χ2n) is 4.49. The standard InChI is InChI=1S/C14H21NO3/c1-14(2,17-3)13(16)15-10-7-11-18-12-8-5-4-6-9-12/h4-6,8-9H,7,10-11H2,1-3H3,(H,15,16). The lowest BCUT2D eigenvalue weighted by Gasteiger charge is -2.21. The molecule has 0 saturated heterocycles. The van der Waals surface area contributed by atoms with Crippen LogP contribution >= 0.6 is 0 Å². The van der Waals surface area contributed by atoms with Crippen molar-refractivity contribution in [3.05, 3.63) is 30.3 Å². The molecule has 1 rings (SSSR count). The topological polar surface area (TPSA) is 47.6 Å². The molecule has 0 heterocycles. The van der Waals surface area contributed by atoms with Gasteiger partial charge >= 0.3 is 0 Å². The van der Waals surface area contributed by atoms with Gasteiger partial charge in [-0.1, -0.05) is 18.2 Å². The highest BCUT2D eigenvalue weighted by Gasteiger charge is 2.26. The summed E-state index contributed by atoms with van der Waals surface area (Å²) in [4.78, 5) is 11.7. The van der Waals surface area contributed by atoms with Crippen LogP contribution in [0.4, 0.5) is 0 Å². The normalized spacial score (nSPS) is 11.1. The fourth-order valence-corrected chi connectivity index (χ4v) is 1.29. The summed E-state index contributed by atoms with van der Waals surface area (Å²) in [5.74, 6) is 0.741. The first-order valence-electron chi connectivity index (χ1n) is 6.07. The van der Waals surface area contributed by atoms with Gasteiger partial charge in [0.05, 0.1) is 6.61 Å². The van der Waals surface area contributed by atoms with Crippen LogP contribution in [0.15, 0.2) is 30.3 Å². The van der Waals surface area contributed by atoms with Gasteiger partial charge in [-0.3, -0.25) is 4.79 Å². The predicted octanol–water partition coefficient (Wildman–Crippen LogP) is 2.00. The molecule has 100 valence electrons. The van der Waals surface area contributed by atoms with Gasteiger partial charge in [0.2, 0.25) is 0 Å². The van der Waals surface area contributed by atoms with Gasteiger partial charge in [0.25, 0.3) is 5.91 Å². The van der Waals surface area contributed by atoms with Crippen LogP contribution in [0.5, 0.6) is 5.75 Å². The van der Waals surface area contributed by atoms with Crippen molar-refractivity contribution in [3.8, 4) is 5.75 Å². The van der Waals surface area contributed by atoms with Gasteiger partial charge in [0.1, 0.15) is 11.4 Å². The third kappa shape index (κ3) is 4.75. The highest BCUT2D eigenvalue weighted by Crippen LogP contribution is 2.08. The summed E-state index contributed by atoms with van der Waals surface area (Å²) in [5.41, 5.74) is -0.777. The van der Waals surface area contributed by atoms with E-state index in [-0.39, 0.29) is 5.91 Å². The van der Waals surface area contributed by atoms with Gasteiger partial charge in [0, 0.05) is 13.7 Å². The summed E-state index contributed by atoms with van der Waals surface area (Å²) in [7, 11) is 1.53. The van der Waals surface area contributed by atoms with Gasteiger partial charge in [-0.15, -0.1) is 0 Å². The lowest BCUT2D eigenvalue weighted by molar-refractivity contribution is -0.139. The molecule has 0 aliphatic heterocycles. The summed E-state index contributed by atoms with van der Waals surface area (Å²) >= 11 is 0. The first-order chi connectivity index (χ1) is 8.56. The molecule has 0 aliphatic carbocycles. The van der Waals surface area contributed by atoms with Crippen molar-refractivity contribution in [1.29, 1.82) is 0 Å². The molecule has 0 spiro atoms. The van der Waals surface area contributed by atoms with Crippen LogP contribution in [0.2, 0.25) is 0 Å². The van der Waals surface area contributed by atoms with E-state index in [0.717, 1.165) is 12.2 Å². The van der Waals surface area contributed by atoms with Crippen LogP contribution in [-0.2, 0) is 9.53 Å². The van der Waals surface area contributed by atoms with E-state index in [1.165, 1.54) is 7.11 Å². The molecule has 4 heteroatoms. The SMILES string of the molecule is COC(C)(C)C(=O)NCCCOc1ccccc1. The van der Waals surface area contributed by atoms with Gasteiger partial charge in [-0.05, 0) is 32.4 Å². The van der Waals surface area contributed by atoms with Crippen LogP contribution in [0.1, 0.15) is 20.3 Å². The molecule has 0 saturated carbocycles. The Morgan fingerprint density at radius 3 is 2.56 bits per heavy atom. The van der Waals surface area contributed by atoms with Crippen molar-refractivity contribution < 1.29 is 14.3 Å². The number of hydrogen-bond acceptors (Lipinski definition) is 3. The Labute approximate surface area is 108 Å². The van der Waals surface area contributed by atoms with Crippen LogP contribution in [0.25, 0.3) is 0 Å². The third-order valence-corrected chi connectivity index (χ3v) is 2.68. The Bertz CT molecular complexity index is 363. The monoisotopic (exact) mass is 251 g/mol. The molecule has 0 aromatic heterocycles. The van der Waals surface area contributed by atoms with Gasteiger partial charge in [0.15, 0.2) is 0 Å². The molecule has 0 fully saturated rings. The maximum absolute atomic E-state index is 11.7. The maximum atomic E-state index is 11.7. The minimum absolute atomic E-state index is 0.107. The molecular weight excluding hydrogens is 230 g/mol. The van der Waals surface area contributed by atoms with Crippen molar-refractivity contribution in [1.82, 2.24) is 5.32 Å². The summed E-state index contributed by atoms with van der Waals surface area (Å²) in [6.45, 7) is 4.64. The number of amides is 1. The van der Waals surface area contributed by atoms with Gasteiger partial charge in [-0.2, -0.15) is 0 Å². The van der Waals surface area contributed by atoms with Crippen molar-refractivity contribution in [3.63, 3.8) is 0 Å². The van der Waals surface area contributed by atoms with E-state index >= 15 is 0 Å². The fraction of sp³-hybridized carbons (Fsp3) is 0.500. The predicted molar refractivity (Wildman–Crippen MR) is 70.7 cm³/mol. The quantitative estimate of drug-likeness (QED) is 0.754. The van der Waals surface area contributed by atoms with Gasteiger partial charge in [-0.25, -0.2) is 0 Å². The molecule has 1 N–H and O–H groups in total. The van der Waals surface area contributed by atoms with Crippen molar-refractivity contribution in [2.75, 3.05) is 20.3 Å². The minimum atomic E-state index is -0.777. The molecule has 1 aromatic carbocycles. The highest BCUT2D eigenvalue weighted by molar-refractivity contribution is 5.84. The second-order valence-corrected chi connectivity index (χ2v) is 4.49. The smallest absolute Gasteiger partial charge is 0.251 e. The molecule has 0 aliphatic rings. The first kappa shape index (κ1) is 14.5. The summed E-state index contributed by atoms with van der Waals surface area (Å²) < 4.78 is 10.6.